The molecule has 1 amide bonds. The van der Waals surface area contributed by atoms with Gasteiger partial charge >= 0.3 is 0 Å². The maximum atomic E-state index is 11.9. The average Bonchev–Trinajstić information content (AvgIpc) is 2.45. The van der Waals surface area contributed by atoms with Crippen molar-refractivity contribution in [2.75, 3.05) is 26.9 Å². The van der Waals surface area contributed by atoms with Crippen LogP contribution in [-0.4, -0.2) is 37.9 Å². The first-order valence-electron chi connectivity index (χ1n) is 6.35. The minimum Gasteiger partial charge on any atom is -0.395 e. The Bertz CT molecular complexity index is 506. The highest BCUT2D eigenvalue weighted by molar-refractivity contribution is 6.32. The second-order valence-electron chi connectivity index (χ2n) is 4.07. The van der Waals surface area contributed by atoms with Crippen LogP contribution in [0, 0.1) is 11.8 Å². The smallest absolute Gasteiger partial charge is 0.251 e. The molecule has 0 bridgehead atoms. The maximum Gasteiger partial charge on any atom is 0.251 e. The number of ether oxygens (including phenoxy) is 1. The number of hydrogen-bond acceptors (Lipinski definition) is 3. The fourth-order valence-corrected chi connectivity index (χ4v) is 1.72. The highest BCUT2D eigenvalue weighted by Crippen LogP contribution is 2.17. The molecule has 0 aliphatic carbocycles. The van der Waals surface area contributed by atoms with Gasteiger partial charge in [-0.25, -0.2) is 0 Å². The van der Waals surface area contributed by atoms with E-state index in [1.165, 1.54) is 0 Å². The van der Waals surface area contributed by atoms with Gasteiger partial charge in [-0.15, -0.1) is 0 Å². The van der Waals surface area contributed by atoms with Gasteiger partial charge in [-0.05, 0) is 24.6 Å². The Labute approximate surface area is 124 Å². The number of amides is 1. The first kappa shape index (κ1) is 16.5. The van der Waals surface area contributed by atoms with Crippen LogP contribution in [0.2, 0.25) is 5.02 Å². The van der Waals surface area contributed by atoms with E-state index in [-0.39, 0.29) is 12.5 Å². The van der Waals surface area contributed by atoms with Gasteiger partial charge in [0.1, 0.15) is 0 Å². The van der Waals surface area contributed by atoms with Crippen molar-refractivity contribution in [1.29, 1.82) is 0 Å². The maximum absolute atomic E-state index is 11.9. The number of halogens is 1. The van der Waals surface area contributed by atoms with Gasteiger partial charge in [-0.1, -0.05) is 23.4 Å². The van der Waals surface area contributed by atoms with Crippen molar-refractivity contribution in [2.45, 2.75) is 12.8 Å². The Hall–Kier alpha value is -1.54. The molecule has 108 valence electrons. The number of aliphatic hydroxyl groups is 1. The van der Waals surface area contributed by atoms with E-state index < -0.39 is 0 Å². The fourth-order valence-electron chi connectivity index (χ4n) is 1.49. The third-order valence-electron chi connectivity index (χ3n) is 2.50. The van der Waals surface area contributed by atoms with Gasteiger partial charge in [0.2, 0.25) is 0 Å². The number of aliphatic hydroxyl groups excluding tert-OH is 1. The molecule has 1 aromatic carbocycles. The van der Waals surface area contributed by atoms with Crippen LogP contribution < -0.4 is 5.32 Å². The summed E-state index contributed by atoms with van der Waals surface area (Å²) in [6.07, 6.45) is 1.17. The fraction of sp³-hybridized carbons (Fsp3) is 0.400. The van der Waals surface area contributed by atoms with Crippen LogP contribution in [0.15, 0.2) is 18.2 Å². The quantitative estimate of drug-likeness (QED) is 0.622. The Kier molecular flexibility index (Phi) is 7.74. The molecule has 0 saturated carbocycles. The molecular weight excluding hydrogens is 278 g/mol. The van der Waals surface area contributed by atoms with Crippen molar-refractivity contribution in [3.8, 4) is 11.8 Å². The van der Waals surface area contributed by atoms with E-state index in [1.54, 1.807) is 25.3 Å². The van der Waals surface area contributed by atoms with E-state index in [0.717, 1.165) is 6.42 Å². The third kappa shape index (κ3) is 5.62. The molecule has 2 N–H and O–H groups in total. The standard InChI is InChI=1S/C15H18ClNO3/c1-20-10-4-8-17-15(19)13-7-6-12(14(16)11-13)5-2-3-9-18/h6-7,11,18H,3-4,8-10H2,1H3,(H,17,19). The molecule has 0 aromatic heterocycles. The van der Waals surface area contributed by atoms with E-state index in [2.05, 4.69) is 17.2 Å². The van der Waals surface area contributed by atoms with Crippen molar-refractivity contribution >= 4 is 17.5 Å². The molecule has 0 unspecified atom stereocenters. The lowest BCUT2D eigenvalue weighted by molar-refractivity contribution is 0.0948. The second kappa shape index (κ2) is 9.38. The van der Waals surface area contributed by atoms with Crippen LogP contribution in [0.25, 0.3) is 0 Å². The molecule has 0 aliphatic heterocycles. The molecule has 20 heavy (non-hydrogen) atoms. The molecule has 0 saturated heterocycles. The van der Waals surface area contributed by atoms with Crippen LogP contribution in [0.3, 0.4) is 0 Å². The van der Waals surface area contributed by atoms with Gasteiger partial charge in [0.25, 0.3) is 5.91 Å². The monoisotopic (exact) mass is 295 g/mol. The van der Waals surface area contributed by atoms with E-state index in [0.29, 0.717) is 35.7 Å². The first-order valence-corrected chi connectivity index (χ1v) is 6.73. The highest BCUT2D eigenvalue weighted by atomic mass is 35.5. The lowest BCUT2D eigenvalue weighted by Gasteiger charge is -2.06. The highest BCUT2D eigenvalue weighted by Gasteiger charge is 2.07. The van der Waals surface area contributed by atoms with Gasteiger partial charge in [0.05, 0.1) is 11.6 Å². The van der Waals surface area contributed by atoms with Crippen LogP contribution >= 0.6 is 11.6 Å². The van der Waals surface area contributed by atoms with Crippen LogP contribution in [0.5, 0.6) is 0 Å². The average molecular weight is 296 g/mol. The number of hydrogen-bond donors (Lipinski definition) is 2. The van der Waals surface area contributed by atoms with Gasteiger partial charge in [-0.3, -0.25) is 4.79 Å². The summed E-state index contributed by atoms with van der Waals surface area (Å²) in [6, 6.07) is 4.98. The molecule has 0 spiro atoms. The summed E-state index contributed by atoms with van der Waals surface area (Å²) < 4.78 is 4.91. The minimum absolute atomic E-state index is 0.0204. The van der Waals surface area contributed by atoms with Gasteiger partial charge in [-0.2, -0.15) is 0 Å². The van der Waals surface area contributed by atoms with Crippen LogP contribution in [0.4, 0.5) is 0 Å². The van der Waals surface area contributed by atoms with Crippen molar-refractivity contribution in [3.05, 3.63) is 34.3 Å². The summed E-state index contributed by atoms with van der Waals surface area (Å²) in [7, 11) is 1.62. The summed E-state index contributed by atoms with van der Waals surface area (Å²) >= 11 is 6.07. The molecule has 4 nitrogen and oxygen atoms in total. The molecule has 0 atom stereocenters. The van der Waals surface area contributed by atoms with E-state index >= 15 is 0 Å². The van der Waals surface area contributed by atoms with Crippen molar-refractivity contribution < 1.29 is 14.6 Å². The lowest BCUT2D eigenvalue weighted by Crippen LogP contribution is -2.25. The predicted molar refractivity (Wildman–Crippen MR) is 78.9 cm³/mol. The number of carbonyl (C=O) groups is 1. The third-order valence-corrected chi connectivity index (χ3v) is 2.81. The van der Waals surface area contributed by atoms with E-state index in [9.17, 15) is 4.79 Å². The lowest BCUT2D eigenvalue weighted by atomic mass is 10.1. The van der Waals surface area contributed by atoms with Gasteiger partial charge in [0, 0.05) is 37.8 Å². The normalized spacial score (nSPS) is 9.75. The number of benzene rings is 1. The summed E-state index contributed by atoms with van der Waals surface area (Å²) in [5.41, 5.74) is 1.15. The zero-order valence-electron chi connectivity index (χ0n) is 11.4. The molecule has 0 fully saturated rings. The molecular formula is C15H18ClNO3. The summed E-state index contributed by atoms with van der Waals surface area (Å²) in [5, 5.41) is 11.9. The summed E-state index contributed by atoms with van der Waals surface area (Å²) in [5.74, 6) is 5.47. The largest absolute Gasteiger partial charge is 0.395 e. The van der Waals surface area contributed by atoms with Crippen molar-refractivity contribution in [1.82, 2.24) is 5.32 Å². The Morgan fingerprint density at radius 2 is 2.30 bits per heavy atom. The van der Waals surface area contributed by atoms with E-state index in [1.807, 2.05) is 0 Å². The van der Waals surface area contributed by atoms with Crippen LogP contribution in [0.1, 0.15) is 28.8 Å². The Morgan fingerprint density at radius 1 is 1.50 bits per heavy atom. The molecule has 0 radical (unpaired) electrons. The molecule has 0 heterocycles. The number of nitrogens with one attached hydrogen (secondary N) is 1. The number of rotatable bonds is 6. The minimum atomic E-state index is -0.169. The molecule has 5 heteroatoms. The van der Waals surface area contributed by atoms with Gasteiger partial charge < -0.3 is 15.2 Å². The first-order chi connectivity index (χ1) is 9.69. The topological polar surface area (TPSA) is 58.6 Å². The van der Waals surface area contributed by atoms with E-state index in [4.69, 9.17) is 21.4 Å². The Balaban J connectivity index is 2.62. The zero-order valence-corrected chi connectivity index (χ0v) is 12.2. The number of carbonyl (C=O) groups excluding carboxylic acids is 1. The molecule has 1 rings (SSSR count). The SMILES string of the molecule is COCCCNC(=O)c1ccc(C#CCCO)c(Cl)c1. The summed E-state index contributed by atoms with van der Waals surface area (Å²) in [4.78, 5) is 11.9. The predicted octanol–water partition coefficient (Wildman–Crippen LogP) is 1.84. The number of methoxy groups -OCH3 is 1. The van der Waals surface area contributed by atoms with Gasteiger partial charge in [0.15, 0.2) is 0 Å². The van der Waals surface area contributed by atoms with Crippen molar-refractivity contribution in [3.63, 3.8) is 0 Å². The van der Waals surface area contributed by atoms with Crippen LogP contribution in [-0.2, 0) is 4.74 Å². The summed E-state index contributed by atoms with van der Waals surface area (Å²) in [6.45, 7) is 1.19. The second-order valence-corrected chi connectivity index (χ2v) is 4.48. The molecule has 1 aromatic rings. The molecule has 0 aliphatic rings. The zero-order chi connectivity index (χ0) is 14.8. The van der Waals surface area contributed by atoms with Crippen molar-refractivity contribution in [2.24, 2.45) is 0 Å². The Morgan fingerprint density at radius 3 is 2.95 bits per heavy atom.